The Morgan fingerprint density at radius 2 is 1.78 bits per heavy atom. The van der Waals surface area contributed by atoms with Crippen LogP contribution in [0.3, 0.4) is 0 Å². The molecular formula is C30H33Cl2N5O4. The molecule has 2 aromatic carbocycles. The van der Waals surface area contributed by atoms with Gasteiger partial charge in [0, 0.05) is 18.4 Å². The highest BCUT2D eigenvalue weighted by molar-refractivity contribution is 6.40. The topological polar surface area (TPSA) is 96.9 Å². The number of hydrogen-bond donors (Lipinski definition) is 1. The summed E-state index contributed by atoms with van der Waals surface area (Å²) in [5, 5.41) is 3.88. The number of aromatic nitrogens is 2. The third kappa shape index (κ3) is 5.40. The van der Waals surface area contributed by atoms with Gasteiger partial charge in [0.15, 0.2) is 5.72 Å². The first-order valence-corrected chi connectivity index (χ1v) is 14.1. The van der Waals surface area contributed by atoms with E-state index >= 15 is 0 Å². The molecule has 216 valence electrons. The predicted octanol–water partition coefficient (Wildman–Crippen LogP) is 7.33. The monoisotopic (exact) mass is 597 g/mol. The van der Waals surface area contributed by atoms with Gasteiger partial charge in [0.25, 0.3) is 5.91 Å². The van der Waals surface area contributed by atoms with Crippen LogP contribution in [0.5, 0.6) is 5.88 Å². The Labute approximate surface area is 249 Å². The number of ether oxygens (including phenoxy) is 2. The minimum atomic E-state index is -1.12. The highest BCUT2D eigenvalue weighted by Gasteiger charge is 2.44. The molecule has 2 amide bonds. The summed E-state index contributed by atoms with van der Waals surface area (Å²) in [4.78, 5) is 38.5. The number of para-hydroxylation sites is 1. The van der Waals surface area contributed by atoms with E-state index in [1.165, 1.54) is 11.1 Å². The first-order valence-electron chi connectivity index (χ1n) is 13.3. The average Bonchev–Trinajstić information content (AvgIpc) is 2.84. The Morgan fingerprint density at radius 1 is 1.10 bits per heavy atom. The molecule has 0 fully saturated rings. The van der Waals surface area contributed by atoms with Crippen LogP contribution in [0.2, 0.25) is 10.0 Å². The second kappa shape index (κ2) is 10.1. The number of carbonyl (C=O) groups excluding carboxylic acids is 2. The standard InChI is InChI=1S/C30H33Cl2N5O4/c1-28(2,3)41-27(39)36-14-13-17-15-18(11-12-20(17)29(36,4)5)34-26-33-16-19-24(35-26)40-30(6,7)37(25(19)38)23-21(31)9-8-10-22(23)32/h8-12,15-16H,13-14H2,1-7H3,(H,33,34,35). The Morgan fingerprint density at radius 3 is 2.44 bits per heavy atom. The van der Waals surface area contributed by atoms with Crippen LogP contribution < -0.4 is 15.0 Å². The zero-order chi connectivity index (χ0) is 29.9. The van der Waals surface area contributed by atoms with Gasteiger partial charge in [0.05, 0.1) is 21.3 Å². The predicted molar refractivity (Wildman–Crippen MR) is 159 cm³/mol. The molecule has 3 heterocycles. The Hall–Kier alpha value is -3.56. The van der Waals surface area contributed by atoms with Crippen molar-refractivity contribution in [2.45, 2.75) is 71.8 Å². The molecule has 9 nitrogen and oxygen atoms in total. The van der Waals surface area contributed by atoms with Crippen molar-refractivity contribution in [2.24, 2.45) is 0 Å². The van der Waals surface area contributed by atoms with Crippen molar-refractivity contribution in [2.75, 3.05) is 16.8 Å². The van der Waals surface area contributed by atoms with Gasteiger partial charge in [-0.15, -0.1) is 0 Å². The van der Waals surface area contributed by atoms with E-state index in [0.717, 1.165) is 16.8 Å². The van der Waals surface area contributed by atoms with E-state index in [-0.39, 0.29) is 29.4 Å². The highest BCUT2D eigenvalue weighted by Crippen LogP contribution is 2.43. The van der Waals surface area contributed by atoms with Gasteiger partial charge in [-0.2, -0.15) is 4.98 Å². The number of benzene rings is 2. The van der Waals surface area contributed by atoms with Gasteiger partial charge >= 0.3 is 6.09 Å². The lowest BCUT2D eigenvalue weighted by Crippen LogP contribution is -2.55. The number of anilines is 3. The lowest BCUT2D eigenvalue weighted by molar-refractivity contribution is -0.000321. The molecule has 1 aromatic heterocycles. The molecule has 5 rings (SSSR count). The van der Waals surface area contributed by atoms with E-state index in [1.54, 1.807) is 36.9 Å². The molecule has 41 heavy (non-hydrogen) atoms. The van der Waals surface area contributed by atoms with E-state index in [0.29, 0.717) is 28.7 Å². The first-order chi connectivity index (χ1) is 19.1. The number of halogens is 2. The van der Waals surface area contributed by atoms with Crippen molar-refractivity contribution in [1.82, 2.24) is 14.9 Å². The summed E-state index contributed by atoms with van der Waals surface area (Å²) in [5.41, 5.74) is 1.24. The number of nitrogens with zero attached hydrogens (tertiary/aromatic N) is 4. The largest absolute Gasteiger partial charge is 0.450 e. The van der Waals surface area contributed by atoms with Crippen LogP contribution in [0.25, 0.3) is 0 Å². The average molecular weight is 599 g/mol. The number of carbonyl (C=O) groups is 2. The maximum Gasteiger partial charge on any atom is 0.411 e. The van der Waals surface area contributed by atoms with E-state index in [2.05, 4.69) is 15.3 Å². The van der Waals surface area contributed by atoms with Crippen molar-refractivity contribution >= 4 is 52.5 Å². The van der Waals surface area contributed by atoms with Crippen LogP contribution in [-0.4, -0.2) is 44.7 Å². The molecule has 1 N–H and O–H groups in total. The van der Waals surface area contributed by atoms with Crippen LogP contribution in [0, 0.1) is 0 Å². The van der Waals surface area contributed by atoms with Crippen LogP contribution in [-0.2, 0) is 16.7 Å². The molecule has 0 saturated carbocycles. The summed E-state index contributed by atoms with van der Waals surface area (Å²) in [6.07, 6.45) is 1.77. The molecular weight excluding hydrogens is 565 g/mol. The number of amides is 2. The van der Waals surface area contributed by atoms with E-state index in [4.69, 9.17) is 32.7 Å². The molecule has 0 unspecified atom stereocenters. The molecule has 11 heteroatoms. The van der Waals surface area contributed by atoms with Gasteiger partial charge in [-0.05, 0) is 90.3 Å². The second-order valence-electron chi connectivity index (χ2n) is 12.1. The third-order valence-electron chi connectivity index (χ3n) is 7.15. The van der Waals surface area contributed by atoms with Gasteiger partial charge in [-0.25, -0.2) is 9.78 Å². The van der Waals surface area contributed by atoms with Crippen molar-refractivity contribution in [3.63, 3.8) is 0 Å². The Bertz CT molecular complexity index is 1530. The maximum atomic E-state index is 13.6. The summed E-state index contributed by atoms with van der Waals surface area (Å²) in [7, 11) is 0. The van der Waals surface area contributed by atoms with E-state index in [9.17, 15) is 9.59 Å². The Balaban J connectivity index is 1.39. The van der Waals surface area contributed by atoms with Gasteiger partial charge in [-0.1, -0.05) is 35.3 Å². The molecule has 0 spiro atoms. The number of rotatable bonds is 3. The molecule has 0 aliphatic carbocycles. The molecule has 0 radical (unpaired) electrons. The molecule has 0 atom stereocenters. The van der Waals surface area contributed by atoms with Crippen LogP contribution >= 0.6 is 23.2 Å². The van der Waals surface area contributed by atoms with Gasteiger partial charge in [-0.3, -0.25) is 14.6 Å². The number of hydrogen-bond acceptors (Lipinski definition) is 7. The lowest BCUT2D eigenvalue weighted by Gasteiger charge is -2.44. The normalized spacial score (nSPS) is 17.3. The van der Waals surface area contributed by atoms with E-state index < -0.39 is 16.9 Å². The van der Waals surface area contributed by atoms with Crippen LogP contribution in [0.15, 0.2) is 42.6 Å². The van der Waals surface area contributed by atoms with Crippen LogP contribution in [0.4, 0.5) is 22.1 Å². The fourth-order valence-corrected chi connectivity index (χ4v) is 5.84. The summed E-state index contributed by atoms with van der Waals surface area (Å²) < 4.78 is 11.8. The zero-order valence-corrected chi connectivity index (χ0v) is 25.6. The first kappa shape index (κ1) is 29.0. The fraction of sp³-hybridized carbons (Fsp3) is 0.400. The summed E-state index contributed by atoms with van der Waals surface area (Å²) >= 11 is 12.8. The van der Waals surface area contributed by atoms with Crippen LogP contribution in [0.1, 0.15) is 70.0 Å². The number of nitrogens with one attached hydrogen (secondary N) is 1. The Kier molecular flexibility index (Phi) is 7.11. The van der Waals surface area contributed by atoms with Crippen molar-refractivity contribution < 1.29 is 19.1 Å². The lowest BCUT2D eigenvalue weighted by atomic mass is 9.83. The third-order valence-corrected chi connectivity index (χ3v) is 7.76. The van der Waals surface area contributed by atoms with Gasteiger partial charge < -0.3 is 14.8 Å². The molecule has 0 saturated heterocycles. The zero-order valence-electron chi connectivity index (χ0n) is 24.1. The summed E-state index contributed by atoms with van der Waals surface area (Å²) in [5.74, 6) is 0.0642. The van der Waals surface area contributed by atoms with Crippen molar-refractivity contribution in [3.8, 4) is 5.88 Å². The summed E-state index contributed by atoms with van der Waals surface area (Å²) in [6.45, 7) is 13.6. The number of fused-ring (bicyclic) bond motifs is 2. The summed E-state index contributed by atoms with van der Waals surface area (Å²) in [6, 6.07) is 11.0. The van der Waals surface area contributed by atoms with Crippen molar-refractivity contribution in [3.05, 3.63) is 69.3 Å². The van der Waals surface area contributed by atoms with E-state index in [1.807, 2.05) is 52.8 Å². The van der Waals surface area contributed by atoms with Gasteiger partial charge in [0.2, 0.25) is 11.8 Å². The fourth-order valence-electron chi connectivity index (χ4n) is 5.27. The quantitative estimate of drug-likeness (QED) is 0.337. The van der Waals surface area contributed by atoms with Crippen molar-refractivity contribution in [1.29, 1.82) is 0 Å². The smallest absolute Gasteiger partial charge is 0.411 e. The highest BCUT2D eigenvalue weighted by atomic mass is 35.5. The minimum absolute atomic E-state index is 0.157. The molecule has 2 aliphatic heterocycles. The maximum absolute atomic E-state index is 13.6. The molecule has 2 aliphatic rings. The second-order valence-corrected chi connectivity index (χ2v) is 12.9. The minimum Gasteiger partial charge on any atom is -0.450 e. The molecule has 3 aromatic rings. The molecule has 0 bridgehead atoms. The SMILES string of the molecule is CC(C)(C)OC(=O)N1CCc2cc(Nc3ncc4c(n3)OC(C)(C)N(c3c(Cl)cccc3Cl)C4=O)ccc2C1(C)C. The van der Waals surface area contributed by atoms with Gasteiger partial charge in [0.1, 0.15) is 11.2 Å².